The highest BCUT2D eigenvalue weighted by molar-refractivity contribution is 5.81. The van der Waals surface area contributed by atoms with Crippen LogP contribution in [-0.2, 0) is 14.3 Å². The fraction of sp³-hybridized carbons (Fsp3) is 0.400. The largest absolute Gasteiger partial charge is 0.478 e. The number of esters is 1. The molecule has 0 aliphatic carbocycles. The van der Waals surface area contributed by atoms with Crippen LogP contribution in [0.5, 0.6) is 0 Å². The van der Waals surface area contributed by atoms with Crippen LogP contribution in [0.4, 0.5) is 0 Å². The van der Waals surface area contributed by atoms with E-state index in [-0.39, 0.29) is 13.2 Å². The topological polar surface area (TPSA) is 104 Å². The number of hydrogen-bond acceptors (Lipinski definition) is 5. The maximum absolute atomic E-state index is 10.3. The summed E-state index contributed by atoms with van der Waals surface area (Å²) in [6, 6.07) is 0. The molecule has 0 spiro atoms. The first kappa shape index (κ1) is 16.8. The molecule has 0 bridgehead atoms. The zero-order valence-electron chi connectivity index (χ0n) is 9.00. The standard InChI is InChI=1S/C6H10O3.C4H6O3/c1-3-6(8)9-4-5(2)7;5-3-1-2-4(6)7/h3,5,7H,1,4H2,2H3;1-2,5H,3H2,(H,6,7). The van der Waals surface area contributed by atoms with Crippen LogP contribution in [0.2, 0.25) is 0 Å². The van der Waals surface area contributed by atoms with Crippen LogP contribution in [0.15, 0.2) is 24.8 Å². The van der Waals surface area contributed by atoms with Crippen molar-refractivity contribution in [3.8, 4) is 0 Å². The van der Waals surface area contributed by atoms with E-state index in [4.69, 9.17) is 15.3 Å². The van der Waals surface area contributed by atoms with Crippen LogP contribution in [0.1, 0.15) is 6.92 Å². The van der Waals surface area contributed by atoms with Crippen molar-refractivity contribution in [2.45, 2.75) is 13.0 Å². The Morgan fingerprint density at radius 1 is 1.50 bits per heavy atom. The highest BCUT2D eigenvalue weighted by Gasteiger charge is 1.98. The molecule has 6 nitrogen and oxygen atoms in total. The summed E-state index contributed by atoms with van der Waals surface area (Å²) in [6.45, 7) is 4.54. The molecule has 0 heterocycles. The lowest BCUT2D eigenvalue weighted by atomic mass is 10.4. The molecule has 1 unspecified atom stereocenters. The van der Waals surface area contributed by atoms with Crippen molar-refractivity contribution < 1.29 is 29.6 Å². The molecule has 0 aromatic carbocycles. The highest BCUT2D eigenvalue weighted by atomic mass is 16.5. The van der Waals surface area contributed by atoms with Gasteiger partial charge in [0.05, 0.1) is 12.7 Å². The molecule has 1 atom stereocenters. The SMILES string of the molecule is C=CC(=O)OCC(C)O.O=C(O)C=CCO. The van der Waals surface area contributed by atoms with Gasteiger partial charge >= 0.3 is 11.9 Å². The number of rotatable bonds is 5. The summed E-state index contributed by atoms with van der Waals surface area (Å²) in [7, 11) is 0. The minimum Gasteiger partial charge on any atom is -0.478 e. The lowest BCUT2D eigenvalue weighted by Crippen LogP contribution is -2.13. The Bertz CT molecular complexity index is 244. The number of aliphatic carboxylic acids is 1. The van der Waals surface area contributed by atoms with Crippen molar-refractivity contribution in [1.82, 2.24) is 0 Å². The Morgan fingerprint density at radius 2 is 2.06 bits per heavy atom. The van der Waals surface area contributed by atoms with Gasteiger partial charge in [-0.1, -0.05) is 12.7 Å². The predicted octanol–water partition coefficient (Wildman–Crippen LogP) is -0.284. The molecule has 0 saturated heterocycles. The number of carboxylic acid groups (broad SMARTS) is 1. The fourth-order valence-electron chi connectivity index (χ4n) is 0.415. The van der Waals surface area contributed by atoms with Crippen LogP contribution in [0.25, 0.3) is 0 Å². The van der Waals surface area contributed by atoms with E-state index >= 15 is 0 Å². The van der Waals surface area contributed by atoms with E-state index in [0.29, 0.717) is 0 Å². The Kier molecular flexibility index (Phi) is 12.0. The number of carbonyl (C=O) groups is 2. The quantitative estimate of drug-likeness (QED) is 0.444. The Labute approximate surface area is 93.5 Å². The highest BCUT2D eigenvalue weighted by Crippen LogP contribution is 1.83. The van der Waals surface area contributed by atoms with E-state index in [0.717, 1.165) is 18.2 Å². The van der Waals surface area contributed by atoms with Crippen molar-refractivity contribution in [2.24, 2.45) is 0 Å². The maximum atomic E-state index is 10.3. The molecule has 0 aromatic rings. The summed E-state index contributed by atoms with van der Waals surface area (Å²) >= 11 is 0. The van der Waals surface area contributed by atoms with Crippen LogP contribution in [0.3, 0.4) is 0 Å². The van der Waals surface area contributed by atoms with Gasteiger partial charge in [-0.05, 0) is 6.92 Å². The number of aliphatic hydroxyl groups excluding tert-OH is 2. The first-order chi connectivity index (χ1) is 7.43. The van der Waals surface area contributed by atoms with Gasteiger partial charge in [-0.15, -0.1) is 0 Å². The minimum absolute atomic E-state index is 0.0326. The van der Waals surface area contributed by atoms with E-state index in [1.165, 1.54) is 6.92 Å². The summed E-state index contributed by atoms with van der Waals surface area (Å²) in [5.41, 5.74) is 0. The second-order valence-electron chi connectivity index (χ2n) is 2.61. The van der Waals surface area contributed by atoms with E-state index < -0.39 is 18.0 Å². The summed E-state index contributed by atoms with van der Waals surface area (Å²) in [6.07, 6.45) is 2.50. The molecule has 16 heavy (non-hydrogen) atoms. The smallest absolute Gasteiger partial charge is 0.330 e. The zero-order chi connectivity index (χ0) is 13.0. The van der Waals surface area contributed by atoms with E-state index in [2.05, 4.69) is 11.3 Å². The molecule has 0 rings (SSSR count). The molecule has 0 aliphatic rings. The van der Waals surface area contributed by atoms with Crippen molar-refractivity contribution in [3.63, 3.8) is 0 Å². The summed E-state index contributed by atoms with van der Waals surface area (Å²) in [5, 5.41) is 24.4. The average Bonchev–Trinajstić information content (AvgIpc) is 2.23. The van der Waals surface area contributed by atoms with E-state index in [1.807, 2.05) is 0 Å². The van der Waals surface area contributed by atoms with Crippen LogP contribution < -0.4 is 0 Å². The maximum Gasteiger partial charge on any atom is 0.330 e. The number of carbonyl (C=O) groups excluding carboxylic acids is 1. The van der Waals surface area contributed by atoms with Gasteiger partial charge < -0.3 is 20.1 Å². The fourth-order valence-corrected chi connectivity index (χ4v) is 0.415. The van der Waals surface area contributed by atoms with Gasteiger partial charge in [0.2, 0.25) is 0 Å². The molecular weight excluding hydrogens is 216 g/mol. The zero-order valence-corrected chi connectivity index (χ0v) is 9.00. The van der Waals surface area contributed by atoms with Gasteiger partial charge in [0.15, 0.2) is 0 Å². The Hall–Kier alpha value is -1.66. The molecule has 6 heteroatoms. The molecule has 0 amide bonds. The molecule has 0 aromatic heterocycles. The van der Waals surface area contributed by atoms with Crippen LogP contribution in [-0.4, -0.2) is 46.6 Å². The first-order valence-electron chi connectivity index (χ1n) is 4.41. The third kappa shape index (κ3) is 18.2. The molecule has 0 fully saturated rings. The Balaban J connectivity index is 0. The third-order valence-electron chi connectivity index (χ3n) is 0.999. The second-order valence-corrected chi connectivity index (χ2v) is 2.61. The lowest BCUT2D eigenvalue weighted by Gasteiger charge is -2.02. The van der Waals surface area contributed by atoms with Gasteiger partial charge in [0.25, 0.3) is 0 Å². The second kappa shape index (κ2) is 11.4. The monoisotopic (exact) mass is 232 g/mol. The van der Waals surface area contributed by atoms with E-state index in [9.17, 15) is 9.59 Å². The molecule has 3 N–H and O–H groups in total. The van der Waals surface area contributed by atoms with Gasteiger partial charge in [-0.2, -0.15) is 0 Å². The van der Waals surface area contributed by atoms with Gasteiger partial charge in [0.1, 0.15) is 6.61 Å². The molecular formula is C10H16O6. The lowest BCUT2D eigenvalue weighted by molar-refractivity contribution is -0.140. The van der Waals surface area contributed by atoms with Gasteiger partial charge in [-0.25, -0.2) is 9.59 Å². The number of aliphatic hydroxyl groups is 2. The van der Waals surface area contributed by atoms with Crippen LogP contribution >= 0.6 is 0 Å². The summed E-state index contributed by atoms with van der Waals surface area (Å²) in [5.74, 6) is -1.54. The van der Waals surface area contributed by atoms with Crippen molar-refractivity contribution in [1.29, 1.82) is 0 Å². The average molecular weight is 232 g/mol. The number of carboxylic acids is 1. The van der Waals surface area contributed by atoms with Gasteiger partial charge in [0, 0.05) is 12.2 Å². The summed E-state index contributed by atoms with van der Waals surface area (Å²) in [4.78, 5) is 19.8. The predicted molar refractivity (Wildman–Crippen MR) is 56.7 cm³/mol. The van der Waals surface area contributed by atoms with Gasteiger partial charge in [-0.3, -0.25) is 0 Å². The van der Waals surface area contributed by atoms with Crippen molar-refractivity contribution in [2.75, 3.05) is 13.2 Å². The minimum atomic E-state index is -1.03. The normalized spacial score (nSPS) is 11.2. The third-order valence-corrected chi connectivity index (χ3v) is 0.999. The molecule has 92 valence electrons. The van der Waals surface area contributed by atoms with Crippen LogP contribution in [0, 0.1) is 0 Å². The number of hydrogen-bond donors (Lipinski definition) is 3. The molecule has 0 aliphatic heterocycles. The van der Waals surface area contributed by atoms with Crippen molar-refractivity contribution in [3.05, 3.63) is 24.8 Å². The summed E-state index contributed by atoms with van der Waals surface area (Å²) < 4.78 is 4.45. The molecule has 0 radical (unpaired) electrons. The number of ether oxygens (including phenoxy) is 1. The van der Waals surface area contributed by atoms with E-state index in [1.54, 1.807) is 0 Å². The van der Waals surface area contributed by atoms with Crippen molar-refractivity contribution >= 4 is 11.9 Å². The molecule has 0 saturated carbocycles. The Morgan fingerprint density at radius 3 is 2.31 bits per heavy atom. The first-order valence-corrected chi connectivity index (χ1v) is 4.41.